The molecule has 0 bridgehead atoms. The molecule has 4 atom stereocenters. The number of nitro benzene ring substituents is 1. The largest absolute Gasteiger partial charge is 0.395 e. The number of halogens is 1. The second-order valence-electron chi connectivity index (χ2n) is 13.7. The summed E-state index contributed by atoms with van der Waals surface area (Å²) in [6.07, 6.45) is -1.22. The lowest BCUT2D eigenvalue weighted by atomic mass is 9.82. The second kappa shape index (κ2) is 14.0. The quantitative estimate of drug-likeness (QED) is 0.131. The standard InChI is InChI=1S/C36H42FN5O7Si/c1-24-34(50(2,3)37)31(20-32(44)39(17-18-43)22-25-7-5-4-6-8-25)49-36(24)29-19-28(42(47)48)13-14-30(29)41(35(36)46)23-26-9-11-27(12-10-26)40-16-15-38-21-33(40)45/h4-14,19,24,31,34,38,43H,15-18,20-23H2,1-3H3/t24-,31+,34-,36+/m0/s1. The highest BCUT2D eigenvalue weighted by atomic mass is 28.4. The number of carbonyl (C=O) groups excluding carboxylic acids is 3. The van der Waals surface area contributed by atoms with Gasteiger partial charge in [-0.1, -0.05) is 49.4 Å². The van der Waals surface area contributed by atoms with Crippen LogP contribution in [0.15, 0.2) is 72.8 Å². The molecule has 3 amide bonds. The molecule has 0 aromatic heterocycles. The fourth-order valence-electron chi connectivity index (χ4n) is 7.87. The third-order valence-electron chi connectivity index (χ3n) is 10.1. The SMILES string of the molecule is C[C@H]1[C@H]([Si](C)(C)F)[C@@H](CC(=O)N(CCO)Cc2ccccc2)O[C@]12C(=O)N(Cc1ccc(N3CCNCC3=O)cc1)c1ccc([N+](=O)[O-])cc12. The molecule has 1 spiro atoms. The number of nitro groups is 1. The summed E-state index contributed by atoms with van der Waals surface area (Å²) in [6, 6.07) is 20.8. The molecule has 2 N–H and O–H groups in total. The number of hydrogen-bond donors (Lipinski definition) is 2. The van der Waals surface area contributed by atoms with Gasteiger partial charge in [0.2, 0.25) is 20.2 Å². The first-order chi connectivity index (χ1) is 23.8. The maximum Gasteiger partial charge on any atom is 0.269 e. The second-order valence-corrected chi connectivity index (χ2v) is 17.5. The molecule has 50 heavy (non-hydrogen) atoms. The Bertz CT molecular complexity index is 1770. The highest BCUT2D eigenvalue weighted by molar-refractivity contribution is 6.72. The molecule has 3 aliphatic heterocycles. The van der Waals surface area contributed by atoms with Crippen molar-refractivity contribution in [3.8, 4) is 0 Å². The van der Waals surface area contributed by atoms with Gasteiger partial charge in [0.05, 0.1) is 42.8 Å². The van der Waals surface area contributed by atoms with Crippen molar-refractivity contribution < 1.29 is 33.3 Å². The van der Waals surface area contributed by atoms with Gasteiger partial charge >= 0.3 is 0 Å². The molecule has 6 rings (SSSR count). The third-order valence-corrected chi connectivity index (χ3v) is 12.6. The Morgan fingerprint density at radius 2 is 1.84 bits per heavy atom. The number of piperazine rings is 1. The summed E-state index contributed by atoms with van der Waals surface area (Å²) in [5, 5.41) is 24.8. The van der Waals surface area contributed by atoms with E-state index >= 15 is 4.11 Å². The fraction of sp³-hybridized carbons (Fsp3) is 0.417. The van der Waals surface area contributed by atoms with Gasteiger partial charge in [0.15, 0.2) is 5.60 Å². The van der Waals surface area contributed by atoms with Gasteiger partial charge in [0, 0.05) is 61.0 Å². The van der Waals surface area contributed by atoms with Gasteiger partial charge in [-0.3, -0.25) is 24.5 Å². The van der Waals surface area contributed by atoms with Crippen LogP contribution in [0.1, 0.15) is 30.0 Å². The first-order valence-electron chi connectivity index (χ1n) is 16.9. The minimum Gasteiger partial charge on any atom is -0.395 e. The minimum absolute atomic E-state index is 0.0370. The zero-order valence-electron chi connectivity index (χ0n) is 28.4. The molecule has 3 aromatic rings. The van der Waals surface area contributed by atoms with Crippen LogP contribution in [-0.2, 0) is 37.8 Å². The lowest BCUT2D eigenvalue weighted by Crippen LogP contribution is -2.48. The summed E-state index contributed by atoms with van der Waals surface area (Å²) in [5.41, 5.74) is 0.252. The Morgan fingerprint density at radius 3 is 2.48 bits per heavy atom. The predicted octanol–water partition coefficient (Wildman–Crippen LogP) is 4.26. The molecule has 0 saturated carbocycles. The summed E-state index contributed by atoms with van der Waals surface area (Å²) in [7, 11) is -3.64. The average Bonchev–Trinajstić information content (AvgIpc) is 3.51. The number of nitrogens with zero attached hydrogens (tertiary/aromatic N) is 4. The number of aliphatic hydroxyl groups excluding tert-OH is 1. The van der Waals surface area contributed by atoms with E-state index in [0.717, 1.165) is 16.8 Å². The first kappa shape index (κ1) is 35.3. The Labute approximate surface area is 291 Å². The molecule has 3 heterocycles. The number of anilines is 2. The van der Waals surface area contributed by atoms with E-state index in [1.165, 1.54) is 41.1 Å². The van der Waals surface area contributed by atoms with Crippen LogP contribution in [0.2, 0.25) is 18.6 Å². The Balaban J connectivity index is 1.34. The molecule has 3 aliphatic rings. The van der Waals surface area contributed by atoms with Crippen molar-refractivity contribution in [3.63, 3.8) is 0 Å². The molecule has 264 valence electrons. The zero-order valence-corrected chi connectivity index (χ0v) is 29.4. The summed E-state index contributed by atoms with van der Waals surface area (Å²) in [6.45, 7) is 6.39. The summed E-state index contributed by atoms with van der Waals surface area (Å²) in [5.74, 6) is -1.63. The lowest BCUT2D eigenvalue weighted by molar-refractivity contribution is -0.385. The first-order valence-corrected chi connectivity index (χ1v) is 19.8. The monoisotopic (exact) mass is 703 g/mol. The number of ether oxygens (including phenoxy) is 1. The van der Waals surface area contributed by atoms with Crippen molar-refractivity contribution >= 4 is 43.2 Å². The maximum absolute atomic E-state index is 16.4. The van der Waals surface area contributed by atoms with Gasteiger partial charge in [-0.15, -0.1) is 0 Å². The maximum atomic E-state index is 16.4. The normalized spacial score (nSPS) is 23.4. The van der Waals surface area contributed by atoms with Crippen molar-refractivity contribution in [2.24, 2.45) is 5.92 Å². The van der Waals surface area contributed by atoms with E-state index in [9.17, 15) is 29.6 Å². The molecule has 12 nitrogen and oxygen atoms in total. The number of carbonyl (C=O) groups is 3. The molecule has 14 heteroatoms. The van der Waals surface area contributed by atoms with Crippen molar-refractivity contribution in [1.29, 1.82) is 0 Å². The van der Waals surface area contributed by atoms with E-state index < -0.39 is 42.4 Å². The molecular weight excluding hydrogens is 662 g/mol. The number of amides is 3. The van der Waals surface area contributed by atoms with Gasteiger partial charge in [-0.25, -0.2) is 0 Å². The van der Waals surface area contributed by atoms with E-state index in [0.29, 0.717) is 18.8 Å². The number of rotatable bonds is 11. The number of fused-ring (bicyclic) bond motifs is 2. The van der Waals surface area contributed by atoms with E-state index in [4.69, 9.17) is 4.74 Å². The predicted molar refractivity (Wildman–Crippen MR) is 188 cm³/mol. The van der Waals surface area contributed by atoms with Crippen LogP contribution in [0.4, 0.5) is 21.2 Å². The van der Waals surface area contributed by atoms with Crippen LogP contribution in [0.3, 0.4) is 0 Å². The fourth-order valence-corrected chi connectivity index (χ4v) is 10.4. The van der Waals surface area contributed by atoms with Crippen LogP contribution >= 0.6 is 0 Å². The number of hydrogen-bond acceptors (Lipinski definition) is 8. The molecule has 2 fully saturated rings. The smallest absolute Gasteiger partial charge is 0.269 e. The van der Waals surface area contributed by atoms with Crippen LogP contribution < -0.4 is 15.1 Å². The van der Waals surface area contributed by atoms with Gasteiger partial charge < -0.3 is 34.0 Å². The zero-order chi connectivity index (χ0) is 35.8. The van der Waals surface area contributed by atoms with Gasteiger partial charge in [-0.2, -0.15) is 0 Å². The summed E-state index contributed by atoms with van der Waals surface area (Å²) >= 11 is 0. The van der Waals surface area contributed by atoms with E-state index in [1.54, 1.807) is 11.8 Å². The minimum atomic E-state index is -3.64. The van der Waals surface area contributed by atoms with E-state index in [2.05, 4.69) is 5.32 Å². The van der Waals surface area contributed by atoms with E-state index in [1.807, 2.05) is 54.6 Å². The third kappa shape index (κ3) is 6.55. The van der Waals surface area contributed by atoms with Crippen molar-refractivity contribution in [2.75, 3.05) is 42.6 Å². The number of nitrogens with one attached hydrogen (secondary N) is 1. The lowest BCUT2D eigenvalue weighted by Gasteiger charge is -2.31. The Morgan fingerprint density at radius 1 is 1.12 bits per heavy atom. The van der Waals surface area contributed by atoms with Gasteiger partial charge in [-0.05, 0) is 42.4 Å². The van der Waals surface area contributed by atoms with Crippen molar-refractivity contribution in [1.82, 2.24) is 10.2 Å². The Kier molecular flexibility index (Phi) is 9.90. The molecule has 3 aromatic carbocycles. The summed E-state index contributed by atoms with van der Waals surface area (Å²) < 4.78 is 23.1. The molecule has 2 saturated heterocycles. The van der Waals surface area contributed by atoms with E-state index in [-0.39, 0.29) is 62.3 Å². The molecule has 0 unspecified atom stereocenters. The van der Waals surface area contributed by atoms with Crippen LogP contribution in [-0.4, -0.2) is 79.9 Å². The highest BCUT2D eigenvalue weighted by Crippen LogP contribution is 2.60. The topological polar surface area (TPSA) is 146 Å². The average molecular weight is 704 g/mol. The van der Waals surface area contributed by atoms with Crippen molar-refractivity contribution in [3.05, 3.63) is 99.6 Å². The molecular formula is C36H42FN5O7Si. The van der Waals surface area contributed by atoms with Gasteiger partial charge in [0.25, 0.3) is 11.6 Å². The number of benzene rings is 3. The molecule has 0 radical (unpaired) electrons. The number of non-ortho nitro benzene ring substituents is 1. The summed E-state index contributed by atoms with van der Waals surface area (Å²) in [4.78, 5) is 57.1. The van der Waals surface area contributed by atoms with Crippen LogP contribution in [0, 0.1) is 16.0 Å². The Hall–Kier alpha value is -4.50. The highest BCUT2D eigenvalue weighted by Gasteiger charge is 2.67. The van der Waals surface area contributed by atoms with Crippen LogP contribution in [0.25, 0.3) is 0 Å². The van der Waals surface area contributed by atoms with Crippen LogP contribution in [0.5, 0.6) is 0 Å². The number of aliphatic hydroxyl groups is 1. The van der Waals surface area contributed by atoms with Crippen molar-refractivity contribution in [2.45, 2.75) is 56.8 Å². The van der Waals surface area contributed by atoms with Gasteiger partial charge in [0.1, 0.15) is 0 Å². The molecule has 0 aliphatic carbocycles.